The monoisotopic (exact) mass is 326 g/mol. The fourth-order valence-corrected chi connectivity index (χ4v) is 3.41. The molecule has 2 aromatic rings. The lowest BCUT2D eigenvalue weighted by atomic mass is 10.1. The summed E-state index contributed by atoms with van der Waals surface area (Å²) in [5.41, 5.74) is 1.23. The summed E-state index contributed by atoms with van der Waals surface area (Å²) >= 11 is 0. The zero-order valence-corrected chi connectivity index (χ0v) is 14.4. The van der Waals surface area contributed by atoms with E-state index in [2.05, 4.69) is 33.4 Å². The maximum absolute atomic E-state index is 4.70. The zero-order valence-electron chi connectivity index (χ0n) is 14.4. The number of likely N-dealkylation sites (tertiary alicyclic amines) is 1. The predicted octanol–water partition coefficient (Wildman–Crippen LogP) is 2.44. The normalized spacial score (nSPS) is 21.8. The molecule has 2 aromatic heterocycles. The van der Waals surface area contributed by atoms with Crippen molar-refractivity contribution >= 4 is 5.82 Å². The Hall–Kier alpha value is -1.95. The second-order valence-electron chi connectivity index (χ2n) is 7.14. The van der Waals surface area contributed by atoms with Crippen LogP contribution in [0.1, 0.15) is 43.0 Å². The number of aryl methyl sites for hydroxylation is 1. The van der Waals surface area contributed by atoms with Crippen molar-refractivity contribution in [1.82, 2.24) is 24.6 Å². The van der Waals surface area contributed by atoms with Gasteiger partial charge in [-0.25, -0.2) is 9.97 Å². The van der Waals surface area contributed by atoms with Crippen molar-refractivity contribution in [3.63, 3.8) is 0 Å². The van der Waals surface area contributed by atoms with Crippen molar-refractivity contribution in [2.24, 2.45) is 0 Å². The van der Waals surface area contributed by atoms with Crippen LogP contribution in [-0.2, 0) is 6.54 Å². The van der Waals surface area contributed by atoms with E-state index in [1.165, 1.54) is 37.8 Å². The minimum absolute atomic E-state index is 0.472. The van der Waals surface area contributed by atoms with Gasteiger partial charge in [-0.3, -0.25) is 9.58 Å². The Morgan fingerprint density at radius 1 is 1.25 bits per heavy atom. The lowest BCUT2D eigenvalue weighted by Gasteiger charge is -2.33. The Kier molecular flexibility index (Phi) is 4.47. The lowest BCUT2D eigenvalue weighted by molar-refractivity contribution is 0.206. The van der Waals surface area contributed by atoms with Gasteiger partial charge in [0.2, 0.25) is 0 Å². The molecule has 0 amide bonds. The van der Waals surface area contributed by atoms with Gasteiger partial charge in [0, 0.05) is 37.4 Å². The van der Waals surface area contributed by atoms with Crippen LogP contribution in [0, 0.1) is 6.92 Å². The Balaban J connectivity index is 1.30. The highest BCUT2D eigenvalue weighted by atomic mass is 15.3. The molecule has 0 aromatic carbocycles. The van der Waals surface area contributed by atoms with Gasteiger partial charge >= 0.3 is 0 Å². The van der Waals surface area contributed by atoms with E-state index in [9.17, 15) is 0 Å². The number of anilines is 1. The Morgan fingerprint density at radius 2 is 2.17 bits per heavy atom. The molecule has 1 saturated heterocycles. The molecule has 6 heteroatoms. The molecule has 0 radical (unpaired) electrons. The Labute approximate surface area is 143 Å². The first kappa shape index (κ1) is 15.6. The van der Waals surface area contributed by atoms with Crippen molar-refractivity contribution in [3.05, 3.63) is 36.0 Å². The molecule has 1 aliphatic heterocycles. The van der Waals surface area contributed by atoms with Crippen LogP contribution in [0.4, 0.5) is 5.82 Å². The topological polar surface area (TPSA) is 58.9 Å². The van der Waals surface area contributed by atoms with E-state index in [0.29, 0.717) is 12.0 Å². The smallest absolute Gasteiger partial charge is 0.133 e. The molecular formula is C18H26N6. The number of hydrogen-bond donors (Lipinski definition) is 1. The third-order valence-electron chi connectivity index (χ3n) is 4.88. The first-order valence-electron chi connectivity index (χ1n) is 9.07. The van der Waals surface area contributed by atoms with Crippen LogP contribution >= 0.6 is 0 Å². The van der Waals surface area contributed by atoms with Gasteiger partial charge in [-0.2, -0.15) is 5.10 Å². The predicted molar refractivity (Wildman–Crippen MR) is 94.1 cm³/mol. The van der Waals surface area contributed by atoms with E-state index in [1.54, 1.807) is 0 Å². The summed E-state index contributed by atoms with van der Waals surface area (Å²) in [5.74, 6) is 2.61. The number of nitrogens with zero attached hydrogens (tertiary/aromatic N) is 5. The van der Waals surface area contributed by atoms with E-state index in [4.69, 9.17) is 4.98 Å². The minimum Gasteiger partial charge on any atom is -0.366 e. The van der Waals surface area contributed by atoms with Gasteiger partial charge in [0.15, 0.2) is 0 Å². The molecule has 128 valence electrons. The molecule has 1 unspecified atom stereocenters. The van der Waals surface area contributed by atoms with Crippen LogP contribution in [0.2, 0.25) is 0 Å². The third kappa shape index (κ3) is 3.93. The van der Waals surface area contributed by atoms with E-state index in [1.807, 2.05) is 23.1 Å². The summed E-state index contributed by atoms with van der Waals surface area (Å²) in [6.45, 7) is 6.34. The molecule has 1 N–H and O–H groups in total. The number of aromatic nitrogens is 4. The van der Waals surface area contributed by atoms with Gasteiger partial charge in [-0.05, 0) is 50.8 Å². The Morgan fingerprint density at radius 3 is 2.96 bits per heavy atom. The maximum atomic E-state index is 4.70. The van der Waals surface area contributed by atoms with Gasteiger partial charge in [0.1, 0.15) is 11.6 Å². The van der Waals surface area contributed by atoms with E-state index < -0.39 is 0 Å². The highest BCUT2D eigenvalue weighted by Crippen LogP contribution is 2.38. The molecular weight excluding hydrogens is 300 g/mol. The second-order valence-corrected chi connectivity index (χ2v) is 7.14. The van der Waals surface area contributed by atoms with Crippen molar-refractivity contribution < 1.29 is 0 Å². The van der Waals surface area contributed by atoms with Crippen molar-refractivity contribution in [2.75, 3.05) is 25.0 Å². The van der Waals surface area contributed by atoms with Crippen LogP contribution in [-0.4, -0.2) is 50.3 Å². The second kappa shape index (κ2) is 6.89. The number of nitrogens with one attached hydrogen (secondary N) is 1. The number of hydrogen-bond acceptors (Lipinski definition) is 5. The van der Waals surface area contributed by atoms with Crippen LogP contribution in [0.5, 0.6) is 0 Å². The molecule has 24 heavy (non-hydrogen) atoms. The molecule has 1 atom stereocenters. The molecule has 1 aliphatic carbocycles. The summed E-state index contributed by atoms with van der Waals surface area (Å²) in [4.78, 5) is 11.6. The quantitative estimate of drug-likeness (QED) is 0.883. The van der Waals surface area contributed by atoms with Crippen LogP contribution in [0.15, 0.2) is 24.7 Å². The van der Waals surface area contributed by atoms with Crippen LogP contribution < -0.4 is 5.32 Å². The SMILES string of the molecule is Cc1cnn(CCN2CCCC(Nc3ccnc(C4CC4)n3)C2)c1. The van der Waals surface area contributed by atoms with Gasteiger partial charge in [-0.1, -0.05) is 0 Å². The first-order valence-corrected chi connectivity index (χ1v) is 9.07. The van der Waals surface area contributed by atoms with E-state index in [0.717, 1.165) is 31.3 Å². The summed E-state index contributed by atoms with van der Waals surface area (Å²) in [6, 6.07) is 2.47. The van der Waals surface area contributed by atoms with Crippen molar-refractivity contribution in [3.8, 4) is 0 Å². The number of piperidine rings is 1. The van der Waals surface area contributed by atoms with Gasteiger partial charge < -0.3 is 5.32 Å². The molecule has 1 saturated carbocycles. The number of rotatable bonds is 6. The highest BCUT2D eigenvalue weighted by Gasteiger charge is 2.27. The fourth-order valence-electron chi connectivity index (χ4n) is 3.41. The first-order chi connectivity index (χ1) is 11.8. The average Bonchev–Trinajstić information content (AvgIpc) is 3.36. The van der Waals surface area contributed by atoms with E-state index in [-0.39, 0.29) is 0 Å². The molecule has 0 bridgehead atoms. The average molecular weight is 326 g/mol. The summed E-state index contributed by atoms with van der Waals surface area (Å²) in [5, 5.41) is 8.00. The highest BCUT2D eigenvalue weighted by molar-refractivity contribution is 5.35. The minimum atomic E-state index is 0.472. The summed E-state index contributed by atoms with van der Waals surface area (Å²) < 4.78 is 2.04. The zero-order chi connectivity index (χ0) is 16.4. The van der Waals surface area contributed by atoms with Crippen molar-refractivity contribution in [1.29, 1.82) is 0 Å². The van der Waals surface area contributed by atoms with Gasteiger partial charge in [0.05, 0.1) is 12.7 Å². The third-order valence-corrected chi connectivity index (χ3v) is 4.88. The maximum Gasteiger partial charge on any atom is 0.133 e. The fraction of sp³-hybridized carbons (Fsp3) is 0.611. The van der Waals surface area contributed by atoms with E-state index >= 15 is 0 Å². The molecule has 6 nitrogen and oxygen atoms in total. The van der Waals surface area contributed by atoms with Crippen LogP contribution in [0.25, 0.3) is 0 Å². The van der Waals surface area contributed by atoms with Gasteiger partial charge in [0.25, 0.3) is 0 Å². The molecule has 2 aliphatic rings. The van der Waals surface area contributed by atoms with Gasteiger partial charge in [-0.15, -0.1) is 0 Å². The summed E-state index contributed by atoms with van der Waals surface area (Å²) in [7, 11) is 0. The molecule has 0 spiro atoms. The largest absolute Gasteiger partial charge is 0.366 e. The molecule has 3 heterocycles. The summed E-state index contributed by atoms with van der Waals surface area (Å²) in [6.07, 6.45) is 10.9. The molecule has 4 rings (SSSR count). The lowest BCUT2D eigenvalue weighted by Crippen LogP contribution is -2.43. The van der Waals surface area contributed by atoms with Crippen LogP contribution in [0.3, 0.4) is 0 Å². The Bertz CT molecular complexity index is 678. The van der Waals surface area contributed by atoms with Crippen molar-refractivity contribution in [2.45, 2.75) is 51.1 Å². The molecule has 2 fully saturated rings. The standard InChI is InChI=1S/C18H26N6/c1-14-11-20-24(12-14)10-9-23-8-2-3-16(13-23)21-17-6-7-19-18(22-17)15-4-5-15/h6-7,11-12,15-16H,2-5,8-10,13H2,1H3,(H,19,21,22).